The Balaban J connectivity index is 1.86. The summed E-state index contributed by atoms with van der Waals surface area (Å²) in [5.41, 5.74) is 0.717. The molecule has 13 heteroatoms. The molecule has 12 nitrogen and oxygen atoms in total. The van der Waals surface area contributed by atoms with E-state index in [0.717, 1.165) is 5.56 Å². The number of carbonyl (C=O) groups excluding carboxylic acids is 4. The fraction of sp³-hybridized carbons (Fsp3) is 0.464. The van der Waals surface area contributed by atoms with Crippen molar-refractivity contribution in [2.24, 2.45) is 11.8 Å². The smallest absolute Gasteiger partial charge is 0.339 e. The quantitative estimate of drug-likeness (QED) is 0.273. The summed E-state index contributed by atoms with van der Waals surface area (Å²) < 4.78 is 47.5. The van der Waals surface area contributed by atoms with E-state index in [2.05, 4.69) is 10.3 Å². The molecule has 0 radical (unpaired) electrons. The lowest BCUT2D eigenvalue weighted by molar-refractivity contribution is -0.176. The Labute approximate surface area is 238 Å². The number of rotatable bonds is 8. The molecule has 0 unspecified atom stereocenters. The van der Waals surface area contributed by atoms with Crippen molar-refractivity contribution in [3.63, 3.8) is 0 Å². The molecule has 3 rings (SSSR count). The van der Waals surface area contributed by atoms with Crippen LogP contribution in [0.4, 0.5) is 0 Å². The second-order valence-corrected chi connectivity index (χ2v) is 11.6. The first kappa shape index (κ1) is 31.5. The topological polar surface area (TPSA) is 164 Å². The van der Waals surface area contributed by atoms with Crippen LogP contribution in [0.1, 0.15) is 55.7 Å². The van der Waals surface area contributed by atoms with Crippen LogP contribution >= 0.6 is 0 Å². The molecule has 0 aliphatic carbocycles. The number of hydrogen-bond acceptors (Lipinski definition) is 11. The van der Waals surface area contributed by atoms with E-state index < -0.39 is 76.3 Å². The number of carbonyl (C=O) groups is 4. The van der Waals surface area contributed by atoms with Gasteiger partial charge in [0.15, 0.2) is 23.6 Å². The maximum absolute atomic E-state index is 13.3. The Bertz CT molecular complexity index is 1410. The maximum Gasteiger partial charge on any atom is 0.339 e. The van der Waals surface area contributed by atoms with E-state index in [0.29, 0.717) is 5.56 Å². The monoisotopic (exact) mass is 590 g/mol. The van der Waals surface area contributed by atoms with Gasteiger partial charge in [0.2, 0.25) is 0 Å². The molecule has 0 bridgehead atoms. The van der Waals surface area contributed by atoms with Gasteiger partial charge < -0.3 is 23.7 Å². The normalized spacial score (nSPS) is 21.5. The molecule has 4 atom stereocenters. The SMILES string of the molecule is CC[C@H]1C(=O)OC[C@H](NC(=O)c2nccc(C)c2OS(=O)(=O)c2ccc(C)cc2)C(=O)O[C@@H](C)[C@@H]1OC(=O)C(C)C. The first-order valence-corrected chi connectivity index (χ1v) is 14.5. The van der Waals surface area contributed by atoms with Gasteiger partial charge in [-0.15, -0.1) is 0 Å². The van der Waals surface area contributed by atoms with E-state index in [1.54, 1.807) is 39.8 Å². The molecule has 1 fully saturated rings. The summed E-state index contributed by atoms with van der Waals surface area (Å²) in [4.78, 5) is 55.4. The maximum atomic E-state index is 13.3. The molecule has 0 spiro atoms. The Morgan fingerprint density at radius 2 is 1.76 bits per heavy atom. The predicted molar refractivity (Wildman–Crippen MR) is 144 cm³/mol. The van der Waals surface area contributed by atoms with Crippen LogP contribution in [0.3, 0.4) is 0 Å². The highest BCUT2D eigenvalue weighted by molar-refractivity contribution is 7.87. The molecule has 41 heavy (non-hydrogen) atoms. The molecular formula is C28H34N2O10S. The lowest BCUT2D eigenvalue weighted by Gasteiger charge is -2.29. The minimum absolute atomic E-state index is 0.128. The number of hydrogen-bond donors (Lipinski definition) is 1. The van der Waals surface area contributed by atoms with E-state index in [-0.39, 0.29) is 17.1 Å². The van der Waals surface area contributed by atoms with Gasteiger partial charge in [-0.05, 0) is 51.0 Å². The lowest BCUT2D eigenvalue weighted by Crippen LogP contribution is -2.47. The van der Waals surface area contributed by atoms with Crippen molar-refractivity contribution in [3.05, 3.63) is 53.3 Å². The van der Waals surface area contributed by atoms with Crippen molar-refractivity contribution >= 4 is 33.9 Å². The molecule has 222 valence electrons. The summed E-state index contributed by atoms with van der Waals surface area (Å²) >= 11 is 0. The number of cyclic esters (lactones) is 2. The molecule has 0 saturated carbocycles. The highest BCUT2D eigenvalue weighted by Crippen LogP contribution is 2.27. The Hall–Kier alpha value is -4.00. The van der Waals surface area contributed by atoms with Crippen LogP contribution in [0.2, 0.25) is 0 Å². The zero-order valence-electron chi connectivity index (χ0n) is 23.7. The number of aromatic nitrogens is 1. The summed E-state index contributed by atoms with van der Waals surface area (Å²) in [5.74, 6) is -4.98. The molecule has 1 aromatic carbocycles. The molecule has 1 N–H and O–H groups in total. The predicted octanol–water partition coefficient (Wildman–Crippen LogP) is 2.65. The molecule has 1 saturated heterocycles. The zero-order valence-corrected chi connectivity index (χ0v) is 24.5. The fourth-order valence-corrected chi connectivity index (χ4v) is 4.98. The van der Waals surface area contributed by atoms with Crippen molar-refractivity contribution in [3.8, 4) is 5.75 Å². The summed E-state index contributed by atoms with van der Waals surface area (Å²) in [6.07, 6.45) is -0.641. The van der Waals surface area contributed by atoms with E-state index in [1.165, 1.54) is 38.2 Å². The minimum Gasteiger partial charge on any atom is -0.463 e. The van der Waals surface area contributed by atoms with Gasteiger partial charge in [0.25, 0.3) is 5.91 Å². The van der Waals surface area contributed by atoms with Gasteiger partial charge in [-0.25, -0.2) is 9.78 Å². The largest absolute Gasteiger partial charge is 0.463 e. The standard InChI is InChI=1S/C28H34N2O10S/c1-7-20-24(39-26(32)15(2)3)18(6)38-28(34)21(14-37-27(20)33)30-25(31)22-23(17(5)12-13-29-22)40-41(35,36)19-10-8-16(4)9-11-19/h8-13,15,18,20-21,24H,7,14H2,1-6H3,(H,30,31)/t18-,20+,21-,24-/m0/s1. The first-order chi connectivity index (χ1) is 19.2. The van der Waals surface area contributed by atoms with Gasteiger partial charge in [0.1, 0.15) is 17.6 Å². The number of ether oxygens (including phenoxy) is 3. The van der Waals surface area contributed by atoms with Crippen molar-refractivity contribution < 1.29 is 46.0 Å². The average Bonchev–Trinajstić information content (AvgIpc) is 2.94. The van der Waals surface area contributed by atoms with E-state index in [1.807, 2.05) is 0 Å². The molecule has 1 aromatic heterocycles. The summed E-state index contributed by atoms with van der Waals surface area (Å²) in [6.45, 7) is 9.17. The van der Waals surface area contributed by atoms with Gasteiger partial charge in [-0.2, -0.15) is 8.42 Å². The van der Waals surface area contributed by atoms with Crippen molar-refractivity contribution in [2.75, 3.05) is 6.61 Å². The molecule has 1 amide bonds. The summed E-state index contributed by atoms with van der Waals surface area (Å²) in [7, 11) is -4.34. The number of esters is 3. The van der Waals surface area contributed by atoms with Crippen LogP contribution in [0.25, 0.3) is 0 Å². The molecular weight excluding hydrogens is 556 g/mol. The van der Waals surface area contributed by atoms with Crippen molar-refractivity contribution in [1.82, 2.24) is 10.3 Å². The van der Waals surface area contributed by atoms with Crippen molar-refractivity contribution in [1.29, 1.82) is 0 Å². The van der Waals surface area contributed by atoms with Crippen molar-refractivity contribution in [2.45, 2.75) is 71.1 Å². The second kappa shape index (κ2) is 13.1. The average molecular weight is 591 g/mol. The summed E-state index contributed by atoms with van der Waals surface area (Å²) in [6, 6.07) is 5.92. The number of benzene rings is 1. The highest BCUT2D eigenvalue weighted by atomic mass is 32.2. The second-order valence-electron chi connectivity index (χ2n) is 10.0. The van der Waals surface area contributed by atoms with Gasteiger partial charge >= 0.3 is 28.0 Å². The third kappa shape index (κ3) is 7.60. The molecule has 2 heterocycles. The number of pyridine rings is 1. The Morgan fingerprint density at radius 1 is 1.10 bits per heavy atom. The van der Waals surface area contributed by atoms with E-state index in [9.17, 15) is 27.6 Å². The van der Waals surface area contributed by atoms with Gasteiger partial charge in [0, 0.05) is 6.20 Å². The van der Waals surface area contributed by atoms with Crippen LogP contribution in [0, 0.1) is 25.7 Å². The highest BCUT2D eigenvalue weighted by Gasteiger charge is 2.41. The third-order valence-electron chi connectivity index (χ3n) is 6.43. The molecule has 1 aliphatic heterocycles. The van der Waals surface area contributed by atoms with Crippen LogP contribution in [0.5, 0.6) is 5.75 Å². The molecule has 1 aliphatic rings. The van der Waals surface area contributed by atoms with Crippen LogP contribution < -0.4 is 9.50 Å². The number of aryl methyl sites for hydroxylation is 2. The van der Waals surface area contributed by atoms with Gasteiger partial charge in [-0.3, -0.25) is 14.4 Å². The fourth-order valence-electron chi connectivity index (χ4n) is 3.98. The van der Waals surface area contributed by atoms with Crippen LogP contribution in [-0.2, 0) is 38.7 Å². The summed E-state index contributed by atoms with van der Waals surface area (Å²) in [5, 5.41) is 2.39. The third-order valence-corrected chi connectivity index (χ3v) is 7.66. The number of amides is 1. The van der Waals surface area contributed by atoms with E-state index in [4.69, 9.17) is 18.4 Å². The minimum atomic E-state index is -4.34. The van der Waals surface area contributed by atoms with Gasteiger partial charge in [-0.1, -0.05) is 38.5 Å². The van der Waals surface area contributed by atoms with Crippen LogP contribution in [0.15, 0.2) is 41.4 Å². The lowest BCUT2D eigenvalue weighted by atomic mass is 9.95. The number of nitrogens with one attached hydrogen (secondary N) is 1. The Morgan fingerprint density at radius 3 is 2.37 bits per heavy atom. The van der Waals surface area contributed by atoms with E-state index >= 15 is 0 Å². The van der Waals surface area contributed by atoms with Gasteiger partial charge in [0.05, 0.1) is 11.8 Å². The molecule has 2 aromatic rings. The number of nitrogens with zero attached hydrogens (tertiary/aromatic N) is 1. The zero-order chi connectivity index (χ0) is 30.5. The Kier molecular flexibility index (Phi) is 10.1. The first-order valence-electron chi connectivity index (χ1n) is 13.1. The van der Waals surface area contributed by atoms with Crippen LogP contribution in [-0.4, -0.2) is 62.1 Å².